The minimum atomic E-state index is 0.249. The van der Waals surface area contributed by atoms with E-state index in [1.807, 2.05) is 6.92 Å². The van der Waals surface area contributed by atoms with Gasteiger partial charge in [-0.05, 0) is 53.0 Å². The number of halogens is 3. The first kappa shape index (κ1) is 13.1. The lowest BCUT2D eigenvalue weighted by atomic mass is 10.2. The standard InChI is InChI=1S/C11H9Br2ClS2/c1-5-3-7(15-10(5)13)9(12)8-4-6(2)11(14)16-8/h3-4,9H,1-2H3. The number of rotatable bonds is 2. The summed E-state index contributed by atoms with van der Waals surface area (Å²) in [6, 6.07) is 4.35. The smallest absolute Gasteiger partial charge is 0.0960 e. The van der Waals surface area contributed by atoms with Gasteiger partial charge in [-0.1, -0.05) is 27.5 Å². The first-order valence-electron chi connectivity index (χ1n) is 4.64. The van der Waals surface area contributed by atoms with Crippen LogP contribution in [-0.4, -0.2) is 0 Å². The van der Waals surface area contributed by atoms with Crippen LogP contribution in [0.5, 0.6) is 0 Å². The summed E-state index contributed by atoms with van der Waals surface area (Å²) in [5.74, 6) is 0. The Balaban J connectivity index is 2.34. The monoisotopic (exact) mass is 398 g/mol. The zero-order valence-corrected chi connectivity index (χ0v) is 14.2. The van der Waals surface area contributed by atoms with E-state index in [0.717, 1.165) is 9.90 Å². The Kier molecular flexibility index (Phi) is 4.18. The third-order valence-electron chi connectivity index (χ3n) is 2.25. The molecule has 0 amide bonds. The molecule has 0 aromatic carbocycles. The maximum absolute atomic E-state index is 6.09. The summed E-state index contributed by atoms with van der Waals surface area (Å²) in [6.07, 6.45) is 0. The summed E-state index contributed by atoms with van der Waals surface area (Å²) < 4.78 is 2.08. The van der Waals surface area contributed by atoms with Gasteiger partial charge in [0.15, 0.2) is 0 Å². The van der Waals surface area contributed by atoms with E-state index >= 15 is 0 Å². The Morgan fingerprint density at radius 2 is 1.69 bits per heavy atom. The largest absolute Gasteiger partial charge is 0.131 e. The van der Waals surface area contributed by atoms with Crippen molar-refractivity contribution in [3.63, 3.8) is 0 Å². The van der Waals surface area contributed by atoms with Gasteiger partial charge in [-0.3, -0.25) is 0 Å². The molecule has 0 saturated heterocycles. The molecule has 0 saturated carbocycles. The zero-order chi connectivity index (χ0) is 11.9. The number of thiophene rings is 2. The van der Waals surface area contributed by atoms with Crippen molar-refractivity contribution in [1.29, 1.82) is 0 Å². The first-order chi connectivity index (χ1) is 7.49. The molecule has 0 aliphatic rings. The van der Waals surface area contributed by atoms with E-state index in [4.69, 9.17) is 11.6 Å². The van der Waals surface area contributed by atoms with E-state index in [9.17, 15) is 0 Å². The van der Waals surface area contributed by atoms with Crippen LogP contribution in [0, 0.1) is 13.8 Å². The Hall–Kier alpha value is 0.650. The molecule has 0 bridgehead atoms. The molecule has 0 nitrogen and oxygen atoms in total. The van der Waals surface area contributed by atoms with Gasteiger partial charge in [0.25, 0.3) is 0 Å². The highest BCUT2D eigenvalue weighted by molar-refractivity contribution is 9.11. The van der Waals surface area contributed by atoms with Crippen molar-refractivity contribution in [2.24, 2.45) is 0 Å². The van der Waals surface area contributed by atoms with Crippen molar-refractivity contribution >= 4 is 66.1 Å². The van der Waals surface area contributed by atoms with Crippen molar-refractivity contribution in [3.05, 3.63) is 41.1 Å². The molecule has 0 N–H and O–H groups in total. The van der Waals surface area contributed by atoms with Crippen molar-refractivity contribution < 1.29 is 0 Å². The lowest BCUT2D eigenvalue weighted by Crippen LogP contribution is -1.83. The normalized spacial score (nSPS) is 13.1. The fraction of sp³-hybridized carbons (Fsp3) is 0.273. The van der Waals surface area contributed by atoms with E-state index < -0.39 is 0 Å². The van der Waals surface area contributed by atoms with Gasteiger partial charge in [0, 0.05) is 9.75 Å². The van der Waals surface area contributed by atoms with E-state index in [1.54, 1.807) is 22.7 Å². The summed E-state index contributed by atoms with van der Waals surface area (Å²) in [4.78, 5) is 2.82. The molecule has 2 heterocycles. The average Bonchev–Trinajstić information content (AvgIpc) is 2.72. The summed E-state index contributed by atoms with van der Waals surface area (Å²) in [7, 11) is 0. The van der Waals surface area contributed by atoms with E-state index in [-0.39, 0.29) is 4.83 Å². The summed E-state index contributed by atoms with van der Waals surface area (Å²) in [5, 5.41) is 0. The molecular weight excluding hydrogens is 392 g/mol. The van der Waals surface area contributed by atoms with Crippen molar-refractivity contribution in [2.45, 2.75) is 18.7 Å². The van der Waals surface area contributed by atoms with Crippen molar-refractivity contribution in [3.8, 4) is 0 Å². The SMILES string of the molecule is Cc1cc(C(Br)c2cc(C)c(Br)s2)sc1Cl. The number of hydrogen-bond acceptors (Lipinski definition) is 2. The zero-order valence-electron chi connectivity index (χ0n) is 8.68. The lowest BCUT2D eigenvalue weighted by Gasteiger charge is -2.03. The molecule has 1 atom stereocenters. The van der Waals surface area contributed by atoms with E-state index in [1.165, 1.54) is 19.1 Å². The third-order valence-corrected chi connectivity index (χ3v) is 7.67. The fourth-order valence-corrected chi connectivity index (χ4v) is 5.04. The molecule has 0 aliphatic carbocycles. The van der Waals surface area contributed by atoms with Gasteiger partial charge in [0.1, 0.15) is 0 Å². The van der Waals surface area contributed by atoms with Crippen LogP contribution in [0.15, 0.2) is 15.9 Å². The Labute approximate surface area is 125 Å². The molecule has 1 unspecified atom stereocenters. The van der Waals surface area contributed by atoms with E-state index in [0.29, 0.717) is 0 Å². The molecular formula is C11H9Br2ClS2. The second kappa shape index (κ2) is 5.11. The predicted octanol–water partition coefficient (Wildman–Crippen LogP) is 6.33. The van der Waals surface area contributed by atoms with Crippen molar-refractivity contribution in [2.75, 3.05) is 0 Å². The van der Waals surface area contributed by atoms with Crippen LogP contribution in [0.2, 0.25) is 4.34 Å². The Morgan fingerprint density at radius 1 is 1.12 bits per heavy atom. The van der Waals surface area contributed by atoms with Gasteiger partial charge in [0.05, 0.1) is 12.9 Å². The van der Waals surface area contributed by atoms with Gasteiger partial charge < -0.3 is 0 Å². The number of hydrogen-bond donors (Lipinski definition) is 0. The maximum Gasteiger partial charge on any atom is 0.0960 e. The highest BCUT2D eigenvalue weighted by Gasteiger charge is 2.17. The molecule has 5 heteroatoms. The summed E-state index contributed by atoms with van der Waals surface area (Å²) in [6.45, 7) is 4.15. The molecule has 0 radical (unpaired) electrons. The molecule has 0 aliphatic heterocycles. The number of aryl methyl sites for hydroxylation is 2. The molecule has 2 aromatic rings. The average molecular weight is 401 g/mol. The number of alkyl halides is 1. The van der Waals surface area contributed by atoms with Crippen molar-refractivity contribution in [1.82, 2.24) is 0 Å². The van der Waals surface area contributed by atoms with Crippen LogP contribution in [-0.2, 0) is 0 Å². The van der Waals surface area contributed by atoms with Gasteiger partial charge >= 0.3 is 0 Å². The molecule has 2 rings (SSSR count). The van der Waals surface area contributed by atoms with Crippen LogP contribution in [0.1, 0.15) is 25.7 Å². The molecule has 0 fully saturated rings. The fourth-order valence-electron chi connectivity index (χ4n) is 1.36. The van der Waals surface area contributed by atoms with Crippen LogP contribution in [0.4, 0.5) is 0 Å². The summed E-state index contributed by atoms with van der Waals surface area (Å²) >= 11 is 16.8. The predicted molar refractivity (Wildman–Crippen MR) is 81.6 cm³/mol. The van der Waals surface area contributed by atoms with Gasteiger partial charge in [0.2, 0.25) is 0 Å². The molecule has 16 heavy (non-hydrogen) atoms. The van der Waals surface area contributed by atoms with Crippen LogP contribution in [0.25, 0.3) is 0 Å². The second-order valence-corrected chi connectivity index (χ2v) is 8.58. The topological polar surface area (TPSA) is 0 Å². The maximum atomic E-state index is 6.09. The van der Waals surface area contributed by atoms with Gasteiger partial charge in [-0.15, -0.1) is 22.7 Å². The Bertz CT molecular complexity index is 431. The van der Waals surface area contributed by atoms with E-state index in [2.05, 4.69) is 50.9 Å². The highest BCUT2D eigenvalue weighted by atomic mass is 79.9. The van der Waals surface area contributed by atoms with Crippen LogP contribution >= 0.6 is 66.1 Å². The molecule has 2 aromatic heterocycles. The van der Waals surface area contributed by atoms with Gasteiger partial charge in [-0.2, -0.15) is 0 Å². The lowest BCUT2D eigenvalue weighted by molar-refractivity contribution is 1.27. The quantitative estimate of drug-likeness (QED) is 0.517. The second-order valence-electron chi connectivity index (χ2n) is 3.57. The minimum Gasteiger partial charge on any atom is -0.131 e. The van der Waals surface area contributed by atoms with Crippen LogP contribution < -0.4 is 0 Å². The highest BCUT2D eigenvalue weighted by Crippen LogP contribution is 2.43. The molecule has 86 valence electrons. The summed E-state index contributed by atoms with van der Waals surface area (Å²) in [5.41, 5.74) is 2.43. The first-order valence-corrected chi connectivity index (χ1v) is 8.36. The Morgan fingerprint density at radius 3 is 2.12 bits per heavy atom. The third kappa shape index (κ3) is 2.56. The van der Waals surface area contributed by atoms with Gasteiger partial charge in [-0.25, -0.2) is 0 Å². The van der Waals surface area contributed by atoms with Crippen LogP contribution in [0.3, 0.4) is 0 Å². The molecule has 0 spiro atoms. The minimum absolute atomic E-state index is 0.249.